The number of hydrogen-bond acceptors (Lipinski definition) is 4. The highest BCUT2D eigenvalue weighted by Gasteiger charge is 2.28. The summed E-state index contributed by atoms with van der Waals surface area (Å²) in [5, 5.41) is 0.867. The Morgan fingerprint density at radius 1 is 1.38 bits per heavy atom. The van der Waals surface area contributed by atoms with Gasteiger partial charge in [-0.2, -0.15) is 0 Å². The van der Waals surface area contributed by atoms with E-state index >= 15 is 0 Å². The Kier molecular flexibility index (Phi) is 3.85. The monoisotopic (exact) mass is 350 g/mol. The first-order chi connectivity index (χ1) is 10.1. The van der Waals surface area contributed by atoms with E-state index in [0.717, 1.165) is 28.3 Å². The van der Waals surface area contributed by atoms with E-state index in [4.69, 9.17) is 9.15 Å². The third kappa shape index (κ3) is 2.75. The lowest BCUT2D eigenvalue weighted by Gasteiger charge is -2.20. The summed E-state index contributed by atoms with van der Waals surface area (Å²) in [5.74, 6) is -0.368. The van der Waals surface area contributed by atoms with Crippen LogP contribution in [0.2, 0.25) is 0 Å². The molecule has 3 rings (SSSR count). The number of fused-ring (bicyclic) bond motifs is 1. The van der Waals surface area contributed by atoms with E-state index in [0.29, 0.717) is 18.4 Å². The molecule has 2 aromatic rings. The van der Waals surface area contributed by atoms with Gasteiger partial charge in [0.05, 0.1) is 0 Å². The van der Waals surface area contributed by atoms with Crippen LogP contribution in [0.5, 0.6) is 0 Å². The van der Waals surface area contributed by atoms with Crippen LogP contribution in [0.25, 0.3) is 11.0 Å². The second kappa shape index (κ2) is 5.64. The second-order valence-electron chi connectivity index (χ2n) is 5.30. The molecule has 21 heavy (non-hydrogen) atoms. The topological polar surface area (TPSA) is 56.5 Å². The van der Waals surface area contributed by atoms with Crippen LogP contribution < -0.4 is 0 Å². The van der Waals surface area contributed by atoms with Crippen LogP contribution >= 0.6 is 15.9 Å². The fourth-order valence-electron chi connectivity index (χ4n) is 2.65. The molecule has 1 fully saturated rings. The molecule has 1 aliphatic carbocycles. The van der Waals surface area contributed by atoms with Crippen LogP contribution in [0.15, 0.2) is 27.1 Å². The maximum atomic E-state index is 12.3. The first-order valence-electron chi connectivity index (χ1n) is 6.98. The normalized spacial score (nSPS) is 19.0. The Hall–Kier alpha value is -1.62. The summed E-state index contributed by atoms with van der Waals surface area (Å²) in [5.41, 5.74) is 1.37. The summed E-state index contributed by atoms with van der Waals surface area (Å²) in [6.45, 7) is 1.82. The van der Waals surface area contributed by atoms with Gasteiger partial charge in [-0.15, -0.1) is 0 Å². The molecule has 1 atom stereocenters. The number of ether oxygens (including phenoxy) is 1. The van der Waals surface area contributed by atoms with E-state index in [9.17, 15) is 9.59 Å². The number of carbonyl (C=O) groups is 2. The van der Waals surface area contributed by atoms with Gasteiger partial charge in [-0.05, 0) is 44.4 Å². The van der Waals surface area contributed by atoms with Crippen molar-refractivity contribution in [1.82, 2.24) is 0 Å². The summed E-state index contributed by atoms with van der Waals surface area (Å²) < 4.78 is 11.8. The first-order valence-corrected chi connectivity index (χ1v) is 7.78. The Morgan fingerprint density at radius 3 is 2.95 bits per heavy atom. The fraction of sp³-hybridized carbons (Fsp3) is 0.375. The van der Waals surface area contributed by atoms with Gasteiger partial charge in [-0.3, -0.25) is 4.79 Å². The van der Waals surface area contributed by atoms with E-state index in [2.05, 4.69) is 15.9 Å². The summed E-state index contributed by atoms with van der Waals surface area (Å²) in [6.07, 6.45) is 2.27. The molecule has 0 amide bonds. The number of carbonyl (C=O) groups excluding carboxylic acids is 2. The number of esters is 1. The molecule has 0 spiro atoms. The standard InChI is InChI=1S/C16H15BrO4/c1-9-11-8-10(17)6-7-13(11)20-15(9)16(19)21-14-5-3-2-4-12(14)18/h6-8,14H,2-5H2,1H3/t14-/m1/s1. The van der Waals surface area contributed by atoms with Gasteiger partial charge in [0.1, 0.15) is 5.58 Å². The molecule has 1 aliphatic rings. The van der Waals surface area contributed by atoms with E-state index in [-0.39, 0.29) is 11.5 Å². The molecule has 0 bridgehead atoms. The van der Waals surface area contributed by atoms with Gasteiger partial charge in [0.15, 0.2) is 11.9 Å². The van der Waals surface area contributed by atoms with Gasteiger partial charge in [0.25, 0.3) is 0 Å². The zero-order valence-electron chi connectivity index (χ0n) is 11.6. The van der Waals surface area contributed by atoms with E-state index in [1.54, 1.807) is 6.07 Å². The highest BCUT2D eigenvalue weighted by molar-refractivity contribution is 9.10. The summed E-state index contributed by atoms with van der Waals surface area (Å²) in [7, 11) is 0. The summed E-state index contributed by atoms with van der Waals surface area (Å²) in [6, 6.07) is 5.55. The minimum atomic E-state index is -0.620. The highest BCUT2D eigenvalue weighted by Crippen LogP contribution is 2.29. The van der Waals surface area contributed by atoms with Crippen LogP contribution in [-0.4, -0.2) is 17.9 Å². The van der Waals surface area contributed by atoms with Crippen molar-refractivity contribution >= 4 is 38.7 Å². The van der Waals surface area contributed by atoms with Crippen molar-refractivity contribution in [2.75, 3.05) is 0 Å². The minimum Gasteiger partial charge on any atom is -0.449 e. The van der Waals surface area contributed by atoms with Gasteiger partial charge < -0.3 is 9.15 Å². The molecule has 0 aliphatic heterocycles. The van der Waals surface area contributed by atoms with Crippen molar-refractivity contribution in [1.29, 1.82) is 0 Å². The number of rotatable bonds is 2. The van der Waals surface area contributed by atoms with Crippen LogP contribution in [0.1, 0.15) is 41.8 Å². The zero-order valence-corrected chi connectivity index (χ0v) is 13.2. The van der Waals surface area contributed by atoms with Gasteiger partial charge in [-0.25, -0.2) is 4.79 Å². The molecule has 0 N–H and O–H groups in total. The Bertz CT molecular complexity index is 716. The number of aryl methyl sites for hydroxylation is 1. The fourth-order valence-corrected chi connectivity index (χ4v) is 3.01. The van der Waals surface area contributed by atoms with Crippen molar-refractivity contribution < 1.29 is 18.7 Å². The average Bonchev–Trinajstić information content (AvgIpc) is 2.79. The van der Waals surface area contributed by atoms with E-state index in [1.807, 2.05) is 19.1 Å². The van der Waals surface area contributed by atoms with Gasteiger partial charge in [0, 0.05) is 21.8 Å². The largest absolute Gasteiger partial charge is 0.449 e. The highest BCUT2D eigenvalue weighted by atomic mass is 79.9. The Morgan fingerprint density at radius 2 is 2.19 bits per heavy atom. The Labute approximate surface area is 130 Å². The minimum absolute atomic E-state index is 0.00566. The quantitative estimate of drug-likeness (QED) is 0.762. The average molecular weight is 351 g/mol. The smallest absolute Gasteiger partial charge is 0.375 e. The van der Waals surface area contributed by atoms with Crippen molar-refractivity contribution in [2.45, 2.75) is 38.7 Å². The van der Waals surface area contributed by atoms with Crippen molar-refractivity contribution in [3.63, 3.8) is 0 Å². The van der Waals surface area contributed by atoms with Crippen molar-refractivity contribution in [3.05, 3.63) is 34.0 Å². The number of Topliss-reactive ketones (excluding diaryl/α,β-unsaturated/α-hetero) is 1. The third-order valence-corrected chi connectivity index (χ3v) is 4.32. The summed E-state index contributed by atoms with van der Waals surface area (Å²) in [4.78, 5) is 24.0. The predicted molar refractivity (Wildman–Crippen MR) is 81.3 cm³/mol. The van der Waals surface area contributed by atoms with Crippen LogP contribution in [0.4, 0.5) is 0 Å². The summed E-state index contributed by atoms with van der Waals surface area (Å²) >= 11 is 3.40. The van der Waals surface area contributed by atoms with Gasteiger partial charge >= 0.3 is 5.97 Å². The molecule has 1 aromatic heterocycles. The molecule has 5 heteroatoms. The number of furan rings is 1. The van der Waals surface area contributed by atoms with Gasteiger partial charge in [0.2, 0.25) is 5.76 Å². The van der Waals surface area contributed by atoms with Gasteiger partial charge in [-0.1, -0.05) is 15.9 Å². The molecule has 1 saturated carbocycles. The molecule has 0 unspecified atom stereocenters. The maximum absolute atomic E-state index is 12.3. The Balaban J connectivity index is 1.87. The lowest BCUT2D eigenvalue weighted by atomic mass is 9.96. The lowest BCUT2D eigenvalue weighted by Crippen LogP contribution is -2.30. The number of ketones is 1. The molecule has 110 valence electrons. The molecule has 1 aromatic carbocycles. The molecule has 0 radical (unpaired) electrons. The van der Waals surface area contributed by atoms with E-state index in [1.165, 1.54) is 0 Å². The molecular weight excluding hydrogens is 336 g/mol. The molecule has 0 saturated heterocycles. The number of benzene rings is 1. The third-order valence-electron chi connectivity index (χ3n) is 3.83. The number of halogens is 1. The predicted octanol–water partition coefficient (Wildman–Crippen LogP) is 4.17. The van der Waals surface area contributed by atoms with Crippen LogP contribution in [-0.2, 0) is 9.53 Å². The lowest BCUT2D eigenvalue weighted by molar-refractivity contribution is -0.130. The first kappa shape index (κ1) is 14.3. The SMILES string of the molecule is Cc1c(C(=O)O[C@@H]2CCCCC2=O)oc2ccc(Br)cc12. The van der Waals surface area contributed by atoms with Crippen molar-refractivity contribution in [2.24, 2.45) is 0 Å². The van der Waals surface area contributed by atoms with E-state index < -0.39 is 12.1 Å². The molecular formula is C16H15BrO4. The molecule has 4 nitrogen and oxygen atoms in total. The van der Waals surface area contributed by atoms with Crippen molar-refractivity contribution in [3.8, 4) is 0 Å². The number of hydrogen-bond donors (Lipinski definition) is 0. The maximum Gasteiger partial charge on any atom is 0.375 e. The molecule has 1 heterocycles. The van der Waals surface area contributed by atoms with Crippen LogP contribution in [0, 0.1) is 6.92 Å². The zero-order chi connectivity index (χ0) is 15.0. The second-order valence-corrected chi connectivity index (χ2v) is 6.22. The van der Waals surface area contributed by atoms with Crippen LogP contribution in [0.3, 0.4) is 0 Å².